The predicted octanol–water partition coefficient (Wildman–Crippen LogP) is 7.13. The molecule has 4 nitrogen and oxygen atoms in total. The lowest BCUT2D eigenvalue weighted by molar-refractivity contribution is -0.377. The van der Waals surface area contributed by atoms with Crippen molar-refractivity contribution in [3.63, 3.8) is 0 Å². The molecule has 2 aromatic rings. The number of phenols is 2. The summed E-state index contributed by atoms with van der Waals surface area (Å²) in [7, 11) is 0. The molecule has 0 radical (unpaired) electrons. The number of aliphatic hydroxyl groups is 2. The van der Waals surface area contributed by atoms with Crippen LogP contribution in [0.5, 0.6) is 11.5 Å². The molecule has 43 heavy (non-hydrogen) atoms. The van der Waals surface area contributed by atoms with Crippen molar-refractivity contribution in [1.29, 1.82) is 0 Å². The van der Waals surface area contributed by atoms with E-state index in [1.54, 1.807) is 0 Å². The summed E-state index contributed by atoms with van der Waals surface area (Å²) in [4.78, 5) is 0. The molecule has 0 aliphatic heterocycles. The van der Waals surface area contributed by atoms with E-state index < -0.39 is 124 Å². The van der Waals surface area contributed by atoms with Crippen LogP contribution in [0.2, 0.25) is 0 Å². The van der Waals surface area contributed by atoms with Crippen molar-refractivity contribution >= 4 is 0 Å². The molecule has 0 saturated carbocycles. The molecule has 244 valence electrons. The van der Waals surface area contributed by atoms with Crippen LogP contribution >= 0.6 is 0 Å². The number of aromatic hydroxyl groups is 2. The molecule has 0 unspecified atom stereocenters. The molecule has 4 N–H and O–H groups in total. The minimum Gasteiger partial charge on any atom is -0.508 e. The van der Waals surface area contributed by atoms with Gasteiger partial charge in [-0.3, -0.25) is 0 Å². The van der Waals surface area contributed by atoms with E-state index in [2.05, 4.69) is 0 Å². The second-order valence-electron chi connectivity index (χ2n) is 8.62. The first-order valence-corrected chi connectivity index (χ1v) is 10.3. The van der Waals surface area contributed by atoms with Gasteiger partial charge in [0.25, 0.3) is 11.2 Å². The Labute approximate surface area is 224 Å². The average molecular weight is 668 g/mol. The lowest BCUT2D eigenvalue weighted by Gasteiger charge is -2.40. The minimum atomic E-state index is -7.13. The molecule has 0 saturated heterocycles. The molecule has 0 bridgehead atoms. The summed E-state index contributed by atoms with van der Waals surface area (Å²) in [5, 5.41) is 38.1. The van der Waals surface area contributed by atoms with Crippen LogP contribution in [0.25, 0.3) is 0 Å². The van der Waals surface area contributed by atoms with Crippen LogP contribution in [0, 0.1) is 0 Å². The number of halogens is 18. The van der Waals surface area contributed by atoms with Gasteiger partial charge in [-0.05, 0) is 35.4 Å². The van der Waals surface area contributed by atoms with E-state index in [4.69, 9.17) is 0 Å². The highest BCUT2D eigenvalue weighted by atomic mass is 19.4. The van der Waals surface area contributed by atoms with Gasteiger partial charge in [-0.2, -0.15) is 79.0 Å². The lowest BCUT2D eigenvalue weighted by Crippen LogP contribution is -2.57. The Bertz CT molecular complexity index is 1210. The number of phenolic OH excluding ortho intramolecular Hbond substituents is 2. The van der Waals surface area contributed by atoms with Gasteiger partial charge in [0.05, 0.1) is 0 Å². The zero-order valence-electron chi connectivity index (χ0n) is 19.6. The maximum Gasteiger partial charge on any atom is 0.430 e. The summed E-state index contributed by atoms with van der Waals surface area (Å²) in [5.41, 5.74) is -30.9. The highest BCUT2D eigenvalue weighted by molar-refractivity contribution is 5.54. The maximum absolute atomic E-state index is 14.4. The third-order valence-electron chi connectivity index (χ3n) is 6.13. The van der Waals surface area contributed by atoms with Crippen molar-refractivity contribution in [3.8, 4) is 11.5 Å². The Kier molecular flexibility index (Phi) is 8.23. The third kappa shape index (κ3) is 5.14. The van der Waals surface area contributed by atoms with Crippen molar-refractivity contribution in [2.75, 3.05) is 0 Å². The second-order valence-corrected chi connectivity index (χ2v) is 8.62. The molecular weight excluding hydrogens is 658 g/mol. The first-order valence-electron chi connectivity index (χ1n) is 10.3. The molecule has 0 atom stereocenters. The van der Waals surface area contributed by atoms with Crippen molar-refractivity contribution < 1.29 is 99.5 Å². The summed E-state index contributed by atoms with van der Waals surface area (Å²) in [6.45, 7) is 0. The Morgan fingerprint density at radius 2 is 0.605 bits per heavy atom. The van der Waals surface area contributed by atoms with E-state index >= 15 is 0 Å². The topological polar surface area (TPSA) is 80.9 Å². The molecule has 22 heteroatoms. The van der Waals surface area contributed by atoms with Crippen LogP contribution < -0.4 is 0 Å². The number of hydrogen-bond donors (Lipinski definition) is 4. The van der Waals surface area contributed by atoms with Crippen LogP contribution in [-0.2, 0) is 16.6 Å². The van der Waals surface area contributed by atoms with Crippen LogP contribution in [0.3, 0.4) is 0 Å². The molecule has 0 aromatic heterocycles. The van der Waals surface area contributed by atoms with E-state index in [9.17, 15) is 99.5 Å². The highest BCUT2D eigenvalue weighted by Crippen LogP contribution is 2.60. The quantitative estimate of drug-likeness (QED) is 0.262. The lowest BCUT2D eigenvalue weighted by atomic mass is 9.70. The fraction of sp³-hybridized carbons (Fsp3) is 0.429. The van der Waals surface area contributed by atoms with Gasteiger partial charge in [-0.1, -0.05) is 12.1 Å². The third-order valence-corrected chi connectivity index (χ3v) is 6.13. The minimum absolute atomic E-state index is 0.636. The molecule has 0 aliphatic carbocycles. The standard InChI is InChI=1S/C21H10F18O4/c22-16(23,24)13(17(25,26)27,7-1-3-11(40)9(5-7)14(42,18(28,29)30)19(31,32)33)8-2-4-12(41)10(6-8)15(43,20(34,35)36)21(37,38)39/h1-6,40-43H. The van der Waals surface area contributed by atoms with Crippen LogP contribution in [0.15, 0.2) is 36.4 Å². The molecule has 0 amide bonds. The zero-order chi connectivity index (χ0) is 34.2. The van der Waals surface area contributed by atoms with E-state index in [0.717, 1.165) is 0 Å². The number of alkyl halides is 18. The van der Waals surface area contributed by atoms with Crippen LogP contribution in [-0.4, -0.2) is 57.5 Å². The van der Waals surface area contributed by atoms with Gasteiger partial charge in [0, 0.05) is 11.1 Å². The Morgan fingerprint density at radius 3 is 0.791 bits per heavy atom. The number of hydrogen-bond acceptors (Lipinski definition) is 4. The molecule has 0 fully saturated rings. The fourth-order valence-corrected chi connectivity index (χ4v) is 4.03. The summed E-state index contributed by atoms with van der Waals surface area (Å²) < 4.78 is 246. The van der Waals surface area contributed by atoms with Crippen LogP contribution in [0.4, 0.5) is 79.0 Å². The van der Waals surface area contributed by atoms with Gasteiger partial charge in [0.2, 0.25) is 5.41 Å². The molecule has 2 rings (SSSR count). The smallest absolute Gasteiger partial charge is 0.430 e. The van der Waals surface area contributed by atoms with Gasteiger partial charge in [-0.25, -0.2) is 0 Å². The fourth-order valence-electron chi connectivity index (χ4n) is 4.03. The van der Waals surface area contributed by atoms with Gasteiger partial charge in [0.1, 0.15) is 11.5 Å². The van der Waals surface area contributed by atoms with Gasteiger partial charge < -0.3 is 20.4 Å². The molecular formula is C21H10F18O4. The van der Waals surface area contributed by atoms with Crippen molar-refractivity contribution in [2.24, 2.45) is 0 Å². The summed E-state index contributed by atoms with van der Waals surface area (Å²) in [6, 6.07) is -5.18. The second kappa shape index (κ2) is 9.86. The van der Waals surface area contributed by atoms with Gasteiger partial charge in [-0.15, -0.1) is 0 Å². The number of benzene rings is 2. The van der Waals surface area contributed by atoms with Crippen LogP contribution in [0.1, 0.15) is 22.3 Å². The average Bonchev–Trinajstić information content (AvgIpc) is 2.75. The first kappa shape index (κ1) is 35.9. The Balaban J connectivity index is 3.27. The van der Waals surface area contributed by atoms with Gasteiger partial charge in [0.15, 0.2) is 0 Å². The molecule has 0 heterocycles. The number of rotatable bonds is 4. The van der Waals surface area contributed by atoms with Crippen molar-refractivity contribution in [2.45, 2.75) is 53.7 Å². The molecule has 2 aromatic carbocycles. The summed E-state index contributed by atoms with van der Waals surface area (Å²) >= 11 is 0. The molecule has 0 aliphatic rings. The summed E-state index contributed by atoms with van der Waals surface area (Å²) in [5.74, 6) is -4.82. The van der Waals surface area contributed by atoms with E-state index in [-0.39, 0.29) is 0 Å². The maximum atomic E-state index is 14.4. The summed E-state index contributed by atoms with van der Waals surface area (Å²) in [6.07, 6.45) is -42.4. The van der Waals surface area contributed by atoms with E-state index in [1.165, 1.54) is 0 Å². The monoisotopic (exact) mass is 668 g/mol. The highest BCUT2D eigenvalue weighted by Gasteiger charge is 2.76. The molecule has 0 spiro atoms. The predicted molar refractivity (Wildman–Crippen MR) is 101 cm³/mol. The Hall–Kier alpha value is -3.30. The van der Waals surface area contributed by atoms with Crippen molar-refractivity contribution in [1.82, 2.24) is 0 Å². The Morgan fingerprint density at radius 1 is 0.372 bits per heavy atom. The largest absolute Gasteiger partial charge is 0.508 e. The normalized spacial score (nSPS) is 15.2. The van der Waals surface area contributed by atoms with Crippen molar-refractivity contribution in [3.05, 3.63) is 58.7 Å². The zero-order valence-corrected chi connectivity index (χ0v) is 19.6. The first-order chi connectivity index (χ1) is 18.7. The van der Waals surface area contributed by atoms with E-state index in [1.807, 2.05) is 0 Å². The van der Waals surface area contributed by atoms with E-state index in [0.29, 0.717) is 0 Å². The van der Waals surface area contributed by atoms with Gasteiger partial charge >= 0.3 is 37.1 Å². The SMILES string of the molecule is Oc1ccc(C(c2ccc(O)c(C(O)(C(F)(F)F)C(F)(F)F)c2)(C(F)(F)F)C(F)(F)F)cc1C(O)(C(F)(F)F)C(F)(F)F.